The van der Waals surface area contributed by atoms with Crippen LogP contribution in [0.15, 0.2) is 22.7 Å². The van der Waals surface area contributed by atoms with E-state index in [1.807, 2.05) is 39.0 Å². The molecule has 1 aromatic carbocycles. The number of carbonyl (C=O) groups excluding carboxylic acids is 1. The van der Waals surface area contributed by atoms with Gasteiger partial charge in [0.25, 0.3) is 0 Å². The molecule has 0 aliphatic heterocycles. The van der Waals surface area contributed by atoms with E-state index >= 15 is 0 Å². The van der Waals surface area contributed by atoms with Crippen molar-refractivity contribution < 1.29 is 14.3 Å². The van der Waals surface area contributed by atoms with Crippen LogP contribution in [0.5, 0.6) is 5.75 Å². The molecule has 0 aliphatic rings. The van der Waals surface area contributed by atoms with Crippen LogP contribution in [0.25, 0.3) is 0 Å². The number of benzene rings is 1. The smallest absolute Gasteiger partial charge is 0.344 e. The van der Waals surface area contributed by atoms with Crippen molar-refractivity contribution in [1.82, 2.24) is 0 Å². The number of esters is 1. The summed E-state index contributed by atoms with van der Waals surface area (Å²) in [5.41, 5.74) is 0.987. The summed E-state index contributed by atoms with van der Waals surface area (Å²) in [5.74, 6) is 0.337. The van der Waals surface area contributed by atoms with Crippen LogP contribution in [-0.2, 0) is 9.53 Å². The molecule has 0 aliphatic carbocycles. The molecule has 0 fully saturated rings. The van der Waals surface area contributed by atoms with Gasteiger partial charge in [-0.25, -0.2) is 4.79 Å². The van der Waals surface area contributed by atoms with Crippen LogP contribution in [0.2, 0.25) is 0 Å². The highest BCUT2D eigenvalue weighted by Crippen LogP contribution is 2.22. The lowest BCUT2D eigenvalue weighted by atomic mass is 10.2. The van der Waals surface area contributed by atoms with Crippen molar-refractivity contribution in [1.29, 1.82) is 0 Å². The molecule has 3 nitrogen and oxygen atoms in total. The predicted octanol–water partition coefficient (Wildman–Crippen LogP) is 3.09. The van der Waals surface area contributed by atoms with E-state index in [2.05, 4.69) is 15.9 Å². The first-order valence-corrected chi connectivity index (χ1v) is 5.87. The molecular formula is C12H15BrO3. The highest BCUT2D eigenvalue weighted by atomic mass is 79.9. The van der Waals surface area contributed by atoms with E-state index in [1.165, 1.54) is 0 Å². The maximum absolute atomic E-state index is 11.3. The number of aryl methyl sites for hydroxylation is 1. The van der Waals surface area contributed by atoms with E-state index < -0.39 is 0 Å². The average molecular weight is 287 g/mol. The van der Waals surface area contributed by atoms with E-state index in [4.69, 9.17) is 9.47 Å². The minimum atomic E-state index is -0.352. The topological polar surface area (TPSA) is 35.5 Å². The van der Waals surface area contributed by atoms with Gasteiger partial charge in [-0.05, 0) is 38.5 Å². The first-order valence-electron chi connectivity index (χ1n) is 5.07. The maximum atomic E-state index is 11.3. The molecule has 0 atom stereocenters. The van der Waals surface area contributed by atoms with Gasteiger partial charge in [-0.2, -0.15) is 0 Å². The van der Waals surface area contributed by atoms with Crippen LogP contribution in [0, 0.1) is 6.92 Å². The fraction of sp³-hybridized carbons (Fsp3) is 0.417. The molecule has 0 heterocycles. The fourth-order valence-corrected chi connectivity index (χ4v) is 1.50. The van der Waals surface area contributed by atoms with Crippen molar-refractivity contribution in [3.8, 4) is 5.75 Å². The standard InChI is InChI=1S/C12H15BrO3/c1-8(2)16-12(14)7-15-11-6-10(13)5-4-9(11)3/h4-6,8H,7H2,1-3H3. The molecule has 0 saturated carbocycles. The quantitative estimate of drug-likeness (QED) is 0.798. The maximum Gasteiger partial charge on any atom is 0.344 e. The van der Waals surface area contributed by atoms with Gasteiger partial charge < -0.3 is 9.47 Å². The summed E-state index contributed by atoms with van der Waals surface area (Å²) in [6, 6.07) is 5.68. The van der Waals surface area contributed by atoms with Gasteiger partial charge in [0.15, 0.2) is 6.61 Å². The molecule has 0 radical (unpaired) electrons. The summed E-state index contributed by atoms with van der Waals surface area (Å²) in [6.07, 6.45) is -0.111. The molecular weight excluding hydrogens is 272 g/mol. The largest absolute Gasteiger partial charge is 0.482 e. The Balaban J connectivity index is 2.54. The zero-order chi connectivity index (χ0) is 12.1. The Hall–Kier alpha value is -1.03. The Morgan fingerprint density at radius 3 is 2.75 bits per heavy atom. The zero-order valence-corrected chi connectivity index (χ0v) is 11.2. The Bertz CT molecular complexity index is 375. The van der Waals surface area contributed by atoms with Crippen LogP contribution in [0.4, 0.5) is 0 Å². The summed E-state index contributed by atoms with van der Waals surface area (Å²) < 4.78 is 11.3. The predicted molar refractivity (Wildman–Crippen MR) is 65.6 cm³/mol. The van der Waals surface area contributed by atoms with Gasteiger partial charge in [-0.3, -0.25) is 0 Å². The number of halogens is 1. The number of hydrogen-bond donors (Lipinski definition) is 0. The van der Waals surface area contributed by atoms with Crippen LogP contribution in [0.3, 0.4) is 0 Å². The lowest BCUT2D eigenvalue weighted by Crippen LogP contribution is -2.18. The number of carbonyl (C=O) groups is 1. The molecule has 0 spiro atoms. The molecule has 0 bridgehead atoms. The molecule has 16 heavy (non-hydrogen) atoms. The van der Waals surface area contributed by atoms with Gasteiger partial charge in [0.1, 0.15) is 5.75 Å². The van der Waals surface area contributed by atoms with Crippen molar-refractivity contribution in [2.45, 2.75) is 26.9 Å². The van der Waals surface area contributed by atoms with E-state index in [-0.39, 0.29) is 18.7 Å². The molecule has 0 aromatic heterocycles. The van der Waals surface area contributed by atoms with E-state index in [0.717, 1.165) is 10.0 Å². The van der Waals surface area contributed by atoms with Gasteiger partial charge in [0, 0.05) is 4.47 Å². The minimum absolute atomic E-state index is 0.0600. The van der Waals surface area contributed by atoms with Gasteiger partial charge in [-0.1, -0.05) is 22.0 Å². The van der Waals surface area contributed by atoms with Crippen LogP contribution in [-0.4, -0.2) is 18.7 Å². The molecule has 1 aromatic rings. The lowest BCUT2D eigenvalue weighted by molar-refractivity contribution is -0.149. The monoisotopic (exact) mass is 286 g/mol. The highest BCUT2D eigenvalue weighted by Gasteiger charge is 2.08. The molecule has 1 rings (SSSR count). The Morgan fingerprint density at radius 1 is 1.44 bits per heavy atom. The number of ether oxygens (including phenoxy) is 2. The molecule has 0 amide bonds. The normalized spacial score (nSPS) is 10.3. The summed E-state index contributed by atoms with van der Waals surface area (Å²) >= 11 is 3.35. The van der Waals surface area contributed by atoms with Crippen LogP contribution < -0.4 is 4.74 Å². The number of rotatable bonds is 4. The highest BCUT2D eigenvalue weighted by molar-refractivity contribution is 9.10. The molecule has 4 heteroatoms. The minimum Gasteiger partial charge on any atom is -0.482 e. The Morgan fingerprint density at radius 2 is 2.12 bits per heavy atom. The third-order valence-electron chi connectivity index (χ3n) is 1.86. The second-order valence-corrected chi connectivity index (χ2v) is 4.65. The van der Waals surface area contributed by atoms with E-state index in [1.54, 1.807) is 0 Å². The molecule has 0 unspecified atom stereocenters. The lowest BCUT2D eigenvalue weighted by Gasteiger charge is -2.11. The van der Waals surface area contributed by atoms with Crippen LogP contribution in [0.1, 0.15) is 19.4 Å². The molecule has 88 valence electrons. The van der Waals surface area contributed by atoms with Crippen molar-refractivity contribution in [2.75, 3.05) is 6.61 Å². The van der Waals surface area contributed by atoms with Crippen molar-refractivity contribution in [3.63, 3.8) is 0 Å². The third-order valence-corrected chi connectivity index (χ3v) is 2.36. The van der Waals surface area contributed by atoms with E-state index in [9.17, 15) is 4.79 Å². The SMILES string of the molecule is Cc1ccc(Br)cc1OCC(=O)OC(C)C. The Kier molecular flexibility index (Phi) is 4.80. The second-order valence-electron chi connectivity index (χ2n) is 3.74. The summed E-state index contributed by atoms with van der Waals surface area (Å²) in [7, 11) is 0. The van der Waals surface area contributed by atoms with Crippen molar-refractivity contribution in [2.24, 2.45) is 0 Å². The van der Waals surface area contributed by atoms with Gasteiger partial charge in [0.2, 0.25) is 0 Å². The second kappa shape index (κ2) is 5.89. The zero-order valence-electron chi connectivity index (χ0n) is 9.62. The fourth-order valence-electron chi connectivity index (χ4n) is 1.16. The van der Waals surface area contributed by atoms with Gasteiger partial charge in [0.05, 0.1) is 6.10 Å². The first-order chi connectivity index (χ1) is 7.49. The van der Waals surface area contributed by atoms with Crippen molar-refractivity contribution >= 4 is 21.9 Å². The molecule has 0 saturated heterocycles. The third kappa shape index (κ3) is 4.23. The van der Waals surface area contributed by atoms with Crippen LogP contribution >= 0.6 is 15.9 Å². The van der Waals surface area contributed by atoms with Gasteiger partial charge >= 0.3 is 5.97 Å². The van der Waals surface area contributed by atoms with E-state index in [0.29, 0.717) is 5.75 Å². The summed E-state index contributed by atoms with van der Waals surface area (Å²) in [4.78, 5) is 11.3. The summed E-state index contributed by atoms with van der Waals surface area (Å²) in [5, 5.41) is 0. The average Bonchev–Trinajstić information content (AvgIpc) is 2.18. The Labute approximate surface area is 104 Å². The number of hydrogen-bond acceptors (Lipinski definition) is 3. The molecule has 0 N–H and O–H groups in total. The summed E-state index contributed by atoms with van der Waals surface area (Å²) in [6.45, 7) is 5.48. The first kappa shape index (κ1) is 13.0. The van der Waals surface area contributed by atoms with Gasteiger partial charge in [-0.15, -0.1) is 0 Å². The van der Waals surface area contributed by atoms with Crippen molar-refractivity contribution in [3.05, 3.63) is 28.2 Å².